The Kier molecular flexibility index (Phi) is 3.69. The third-order valence-corrected chi connectivity index (χ3v) is 3.84. The first-order valence-corrected chi connectivity index (χ1v) is 6.63. The molecule has 102 valence electrons. The van der Waals surface area contributed by atoms with Gasteiger partial charge in [-0.2, -0.15) is 0 Å². The van der Waals surface area contributed by atoms with Gasteiger partial charge in [0, 0.05) is 0 Å². The van der Waals surface area contributed by atoms with E-state index in [0.29, 0.717) is 10.7 Å². The highest BCUT2D eigenvalue weighted by atomic mass is 35.5. The van der Waals surface area contributed by atoms with Crippen LogP contribution in [0.2, 0.25) is 15.1 Å². The molecule has 0 bridgehead atoms. The quantitative estimate of drug-likeness (QED) is 0.809. The molecule has 7 heteroatoms. The van der Waals surface area contributed by atoms with E-state index in [-0.39, 0.29) is 28.4 Å². The monoisotopic (exact) mass is 320 g/mol. The molecule has 1 aliphatic heterocycles. The van der Waals surface area contributed by atoms with E-state index in [1.165, 1.54) is 17.0 Å². The molecule has 1 aromatic carbocycles. The van der Waals surface area contributed by atoms with Crippen LogP contribution in [-0.4, -0.2) is 23.9 Å². The van der Waals surface area contributed by atoms with E-state index in [9.17, 15) is 9.59 Å². The van der Waals surface area contributed by atoms with Gasteiger partial charge in [-0.15, -0.1) is 0 Å². The van der Waals surface area contributed by atoms with E-state index in [1.807, 2.05) is 0 Å². The number of halogens is 3. The molecule has 1 aliphatic rings. The van der Waals surface area contributed by atoms with Crippen LogP contribution in [0.25, 0.3) is 0 Å². The summed E-state index contributed by atoms with van der Waals surface area (Å²) >= 11 is 17.9. The van der Waals surface area contributed by atoms with E-state index in [2.05, 4.69) is 5.32 Å². The highest BCUT2D eigenvalue weighted by Crippen LogP contribution is 2.36. The largest absolute Gasteiger partial charge is 0.341 e. The van der Waals surface area contributed by atoms with Crippen molar-refractivity contribution in [3.8, 4) is 0 Å². The molecule has 1 saturated heterocycles. The average Bonchev–Trinajstić information content (AvgIpc) is 2.28. The van der Waals surface area contributed by atoms with Gasteiger partial charge < -0.3 is 5.32 Å². The van der Waals surface area contributed by atoms with Crippen molar-refractivity contribution in [2.75, 3.05) is 11.4 Å². The summed E-state index contributed by atoms with van der Waals surface area (Å²) < 4.78 is 0. The number of hydrogen-bond donors (Lipinski definition) is 1. The number of carbonyl (C=O) groups excluding carboxylic acids is 2. The first-order valence-electron chi connectivity index (χ1n) is 5.50. The van der Waals surface area contributed by atoms with Crippen molar-refractivity contribution < 1.29 is 9.59 Å². The fourth-order valence-corrected chi connectivity index (χ4v) is 2.55. The summed E-state index contributed by atoms with van der Waals surface area (Å²) in [5.41, 5.74) is -0.603. The van der Waals surface area contributed by atoms with Gasteiger partial charge in [0.25, 0.3) is 5.91 Å². The van der Waals surface area contributed by atoms with Crippen molar-refractivity contribution in [3.63, 3.8) is 0 Å². The number of nitrogens with one attached hydrogen (secondary N) is 1. The summed E-state index contributed by atoms with van der Waals surface area (Å²) in [7, 11) is 0. The van der Waals surface area contributed by atoms with Crippen molar-refractivity contribution in [2.24, 2.45) is 0 Å². The molecule has 4 nitrogen and oxygen atoms in total. The standard InChI is InChI=1S/C12H11Cl3N2O2/c1-12(2)11(19)17(5-10(18)16-12)9-4-7(14)6(13)3-8(9)15/h3-4H,5H2,1-2H3,(H,16,18). The molecule has 1 N–H and O–H groups in total. The molecule has 0 aliphatic carbocycles. The summed E-state index contributed by atoms with van der Waals surface area (Å²) in [4.78, 5) is 25.3. The number of benzene rings is 1. The highest BCUT2D eigenvalue weighted by Gasteiger charge is 2.40. The molecule has 0 radical (unpaired) electrons. The van der Waals surface area contributed by atoms with Crippen LogP contribution in [0.4, 0.5) is 5.69 Å². The van der Waals surface area contributed by atoms with Crippen LogP contribution in [0, 0.1) is 0 Å². The van der Waals surface area contributed by atoms with Crippen molar-refractivity contribution in [3.05, 3.63) is 27.2 Å². The molecule has 0 saturated carbocycles. The molecule has 1 fully saturated rings. The van der Waals surface area contributed by atoms with Crippen molar-refractivity contribution >= 4 is 52.3 Å². The smallest absolute Gasteiger partial charge is 0.252 e. The maximum atomic E-state index is 12.3. The highest BCUT2D eigenvalue weighted by molar-refractivity contribution is 6.44. The molecule has 0 spiro atoms. The van der Waals surface area contributed by atoms with Gasteiger partial charge in [-0.1, -0.05) is 34.8 Å². The minimum atomic E-state index is -0.981. The van der Waals surface area contributed by atoms with Crippen molar-refractivity contribution in [2.45, 2.75) is 19.4 Å². The fraction of sp³-hybridized carbons (Fsp3) is 0.333. The van der Waals surface area contributed by atoms with Gasteiger partial charge in [-0.05, 0) is 26.0 Å². The van der Waals surface area contributed by atoms with Gasteiger partial charge in [-0.25, -0.2) is 0 Å². The molecule has 1 aromatic rings. The van der Waals surface area contributed by atoms with Gasteiger partial charge >= 0.3 is 0 Å². The maximum Gasteiger partial charge on any atom is 0.252 e. The average molecular weight is 322 g/mol. The second kappa shape index (κ2) is 4.85. The van der Waals surface area contributed by atoms with Crippen LogP contribution >= 0.6 is 34.8 Å². The summed E-state index contributed by atoms with van der Waals surface area (Å²) in [6.45, 7) is 3.16. The molecule has 2 amide bonds. The molecular weight excluding hydrogens is 311 g/mol. The third kappa shape index (κ3) is 2.66. The lowest BCUT2D eigenvalue weighted by molar-refractivity contribution is -0.134. The molecule has 0 atom stereocenters. The molecule has 0 aromatic heterocycles. The van der Waals surface area contributed by atoms with Gasteiger partial charge in [0.2, 0.25) is 5.91 Å². The topological polar surface area (TPSA) is 49.4 Å². The van der Waals surface area contributed by atoms with Gasteiger partial charge in [-0.3, -0.25) is 14.5 Å². The minimum Gasteiger partial charge on any atom is -0.341 e. The lowest BCUT2D eigenvalue weighted by Gasteiger charge is -2.37. The summed E-state index contributed by atoms with van der Waals surface area (Å²) in [5.74, 6) is -0.515. The number of carbonyl (C=O) groups is 2. The Labute approximate surface area is 125 Å². The SMILES string of the molecule is CC1(C)NC(=O)CN(c2cc(Cl)c(Cl)cc2Cl)C1=O. The number of nitrogens with zero attached hydrogens (tertiary/aromatic N) is 1. The van der Waals surface area contributed by atoms with Crippen molar-refractivity contribution in [1.82, 2.24) is 5.32 Å². The van der Waals surface area contributed by atoms with Crippen LogP contribution in [0.5, 0.6) is 0 Å². The van der Waals surface area contributed by atoms with E-state index < -0.39 is 5.54 Å². The zero-order valence-corrected chi connectivity index (χ0v) is 12.5. The second-order valence-corrected chi connectivity index (χ2v) is 6.00. The number of amides is 2. The number of rotatable bonds is 1. The number of anilines is 1. The van der Waals surface area contributed by atoms with Gasteiger partial charge in [0.05, 0.1) is 20.8 Å². The molecule has 0 unspecified atom stereocenters. The maximum absolute atomic E-state index is 12.3. The molecule has 1 heterocycles. The fourth-order valence-electron chi connectivity index (χ4n) is 1.91. The van der Waals surface area contributed by atoms with Crippen LogP contribution in [0.1, 0.15) is 13.8 Å². The third-order valence-electron chi connectivity index (χ3n) is 2.81. The lowest BCUT2D eigenvalue weighted by atomic mass is 10.00. The predicted octanol–water partition coefficient (Wildman–Crippen LogP) is 2.89. The van der Waals surface area contributed by atoms with E-state index in [1.54, 1.807) is 13.8 Å². The Hall–Kier alpha value is -0.970. The normalized spacial score (nSPS) is 18.5. The van der Waals surface area contributed by atoms with Crippen LogP contribution in [-0.2, 0) is 9.59 Å². The summed E-state index contributed by atoms with van der Waals surface area (Å²) in [5, 5.41) is 3.46. The minimum absolute atomic E-state index is 0.0973. The zero-order valence-electron chi connectivity index (χ0n) is 10.3. The second-order valence-electron chi connectivity index (χ2n) is 4.78. The van der Waals surface area contributed by atoms with Crippen molar-refractivity contribution in [1.29, 1.82) is 0 Å². The zero-order chi connectivity index (χ0) is 14.4. The molecular formula is C12H11Cl3N2O2. The van der Waals surface area contributed by atoms with Crippen LogP contribution in [0.3, 0.4) is 0 Å². The summed E-state index contributed by atoms with van der Waals surface area (Å²) in [6.07, 6.45) is 0. The first-order chi connectivity index (χ1) is 8.72. The Morgan fingerprint density at radius 2 is 1.68 bits per heavy atom. The van der Waals surface area contributed by atoms with Gasteiger partial charge in [0.1, 0.15) is 12.1 Å². The number of hydrogen-bond acceptors (Lipinski definition) is 2. The molecule has 19 heavy (non-hydrogen) atoms. The number of piperazine rings is 1. The predicted molar refractivity (Wildman–Crippen MR) is 76.0 cm³/mol. The Morgan fingerprint density at radius 3 is 2.32 bits per heavy atom. The Bertz CT molecular complexity index is 572. The van der Waals surface area contributed by atoms with E-state index in [0.717, 1.165) is 0 Å². The van der Waals surface area contributed by atoms with Gasteiger partial charge in [0.15, 0.2) is 0 Å². The Morgan fingerprint density at radius 1 is 1.11 bits per heavy atom. The molecule has 2 rings (SSSR count). The van der Waals surface area contributed by atoms with Crippen LogP contribution in [0.15, 0.2) is 12.1 Å². The lowest BCUT2D eigenvalue weighted by Crippen LogP contribution is -2.64. The van der Waals surface area contributed by atoms with E-state index in [4.69, 9.17) is 34.8 Å². The Balaban J connectivity index is 2.49. The first kappa shape index (κ1) is 14.4. The van der Waals surface area contributed by atoms with Crippen LogP contribution < -0.4 is 10.2 Å². The van der Waals surface area contributed by atoms with E-state index >= 15 is 0 Å². The summed E-state index contributed by atoms with van der Waals surface area (Å²) in [6, 6.07) is 2.94.